The van der Waals surface area contributed by atoms with Gasteiger partial charge in [-0.05, 0) is 12.1 Å². The van der Waals surface area contributed by atoms with Crippen LogP contribution in [0.5, 0.6) is 0 Å². The number of nitro benzene ring substituents is 1. The topological polar surface area (TPSA) is 47.0 Å². The van der Waals surface area contributed by atoms with Crippen LogP contribution in [0.25, 0.3) is 0 Å². The maximum atomic E-state index is 10.5. The minimum absolute atomic E-state index is 0. The van der Waals surface area contributed by atoms with Gasteiger partial charge in [-0.3, -0.25) is 10.1 Å². The van der Waals surface area contributed by atoms with Gasteiger partial charge in [0.25, 0.3) is 5.69 Å². The average Bonchev–Trinajstić information content (AvgIpc) is 2.31. The SMILES string of the molecule is O=[N+]([O-])c1ccc(C[n+]2ccccc2)cc1.[Cl-]. The van der Waals surface area contributed by atoms with E-state index in [1.54, 1.807) is 12.1 Å². The Balaban J connectivity index is 0.00000144. The number of hydrogen-bond donors (Lipinski definition) is 0. The Morgan fingerprint density at radius 3 is 2.18 bits per heavy atom. The standard InChI is InChI=1S/C12H11N2O2.ClH/c15-14(16)12-6-4-11(5-7-12)10-13-8-2-1-3-9-13;/h1-9H,10H2;1H/q+1;/p-1. The summed E-state index contributed by atoms with van der Waals surface area (Å²) in [6.07, 6.45) is 3.92. The first-order chi connectivity index (χ1) is 7.75. The van der Waals surface area contributed by atoms with Gasteiger partial charge in [0.15, 0.2) is 18.9 Å². The van der Waals surface area contributed by atoms with Gasteiger partial charge in [-0.25, -0.2) is 4.57 Å². The Labute approximate surface area is 105 Å². The first-order valence-corrected chi connectivity index (χ1v) is 4.93. The largest absolute Gasteiger partial charge is 1.00 e. The maximum Gasteiger partial charge on any atom is 0.269 e. The van der Waals surface area contributed by atoms with Crippen LogP contribution in [0.1, 0.15) is 5.56 Å². The number of rotatable bonds is 3. The molecular weight excluding hydrogens is 240 g/mol. The minimum Gasteiger partial charge on any atom is -1.00 e. The molecule has 5 heteroatoms. The predicted octanol–water partition coefficient (Wildman–Crippen LogP) is -1.07. The molecule has 88 valence electrons. The van der Waals surface area contributed by atoms with Gasteiger partial charge in [-0.1, -0.05) is 6.07 Å². The zero-order valence-corrected chi connectivity index (χ0v) is 9.75. The fourth-order valence-electron chi connectivity index (χ4n) is 1.47. The second-order valence-electron chi connectivity index (χ2n) is 3.47. The van der Waals surface area contributed by atoms with E-state index in [0.29, 0.717) is 0 Å². The van der Waals surface area contributed by atoms with E-state index in [0.717, 1.165) is 12.1 Å². The summed E-state index contributed by atoms with van der Waals surface area (Å²) in [5.41, 5.74) is 1.17. The van der Waals surface area contributed by atoms with Crippen LogP contribution in [0.4, 0.5) is 5.69 Å². The minimum atomic E-state index is -0.389. The number of halogens is 1. The van der Waals surface area contributed by atoms with E-state index in [1.165, 1.54) is 12.1 Å². The van der Waals surface area contributed by atoms with Crippen molar-refractivity contribution in [3.8, 4) is 0 Å². The van der Waals surface area contributed by atoms with E-state index in [2.05, 4.69) is 0 Å². The van der Waals surface area contributed by atoms with Crippen LogP contribution in [0.2, 0.25) is 0 Å². The number of benzene rings is 1. The highest BCUT2D eigenvalue weighted by Gasteiger charge is 2.06. The third kappa shape index (κ3) is 3.53. The normalized spacial score (nSPS) is 9.41. The summed E-state index contributed by atoms with van der Waals surface area (Å²) in [6, 6.07) is 12.5. The molecule has 0 aliphatic rings. The average molecular weight is 251 g/mol. The van der Waals surface area contributed by atoms with Crippen LogP contribution < -0.4 is 17.0 Å². The van der Waals surface area contributed by atoms with Crippen LogP contribution in [-0.2, 0) is 6.54 Å². The summed E-state index contributed by atoms with van der Waals surface area (Å²) in [5, 5.41) is 10.5. The fraction of sp³-hybridized carbons (Fsp3) is 0.0833. The van der Waals surface area contributed by atoms with E-state index >= 15 is 0 Å². The quantitative estimate of drug-likeness (QED) is 0.396. The van der Waals surface area contributed by atoms with Crippen molar-refractivity contribution >= 4 is 5.69 Å². The molecule has 1 aromatic carbocycles. The molecule has 4 nitrogen and oxygen atoms in total. The monoisotopic (exact) mass is 250 g/mol. The molecule has 0 aliphatic carbocycles. The van der Waals surface area contributed by atoms with Crippen molar-refractivity contribution in [3.63, 3.8) is 0 Å². The molecule has 0 fully saturated rings. The van der Waals surface area contributed by atoms with Gasteiger partial charge in [-0.15, -0.1) is 0 Å². The molecule has 2 aromatic rings. The summed E-state index contributed by atoms with van der Waals surface area (Å²) < 4.78 is 2.02. The van der Waals surface area contributed by atoms with Crippen LogP contribution in [0.15, 0.2) is 54.9 Å². The molecule has 17 heavy (non-hydrogen) atoms. The van der Waals surface area contributed by atoms with Crippen molar-refractivity contribution in [2.45, 2.75) is 6.54 Å². The lowest BCUT2D eigenvalue weighted by molar-refractivity contribution is -0.688. The van der Waals surface area contributed by atoms with Crippen molar-refractivity contribution in [1.82, 2.24) is 0 Å². The Kier molecular flexibility index (Phi) is 4.60. The lowest BCUT2D eigenvalue weighted by Crippen LogP contribution is -3.00. The van der Waals surface area contributed by atoms with Gasteiger partial charge in [0.05, 0.1) is 4.92 Å². The molecule has 0 unspecified atom stereocenters. The first-order valence-electron chi connectivity index (χ1n) is 4.93. The Morgan fingerprint density at radius 2 is 1.65 bits per heavy atom. The lowest BCUT2D eigenvalue weighted by atomic mass is 10.2. The van der Waals surface area contributed by atoms with E-state index in [4.69, 9.17) is 0 Å². The van der Waals surface area contributed by atoms with Crippen LogP contribution in [0.3, 0.4) is 0 Å². The molecule has 0 saturated heterocycles. The maximum absolute atomic E-state index is 10.5. The number of hydrogen-bond acceptors (Lipinski definition) is 2. The van der Waals surface area contributed by atoms with Crippen LogP contribution in [0, 0.1) is 10.1 Å². The highest BCUT2D eigenvalue weighted by Crippen LogP contribution is 2.11. The summed E-state index contributed by atoms with van der Waals surface area (Å²) in [5.74, 6) is 0. The summed E-state index contributed by atoms with van der Waals surface area (Å²) in [4.78, 5) is 10.1. The van der Waals surface area contributed by atoms with Crippen molar-refractivity contribution in [3.05, 3.63) is 70.5 Å². The lowest BCUT2D eigenvalue weighted by Gasteiger charge is -1.97. The van der Waals surface area contributed by atoms with Crippen molar-refractivity contribution in [2.24, 2.45) is 0 Å². The van der Waals surface area contributed by atoms with Gasteiger partial charge < -0.3 is 12.4 Å². The Hall–Kier alpha value is -1.94. The molecule has 0 N–H and O–H groups in total. The molecule has 0 aliphatic heterocycles. The number of aromatic nitrogens is 1. The second kappa shape index (κ2) is 5.96. The van der Waals surface area contributed by atoms with Gasteiger partial charge in [0.1, 0.15) is 0 Å². The zero-order valence-electron chi connectivity index (χ0n) is 8.99. The van der Waals surface area contributed by atoms with E-state index in [9.17, 15) is 10.1 Å². The molecular formula is C12H11ClN2O2. The summed E-state index contributed by atoms with van der Waals surface area (Å²) >= 11 is 0. The van der Waals surface area contributed by atoms with Crippen molar-refractivity contribution in [2.75, 3.05) is 0 Å². The Bertz CT molecular complexity index is 486. The number of nitro groups is 1. The molecule has 0 spiro atoms. The van der Waals surface area contributed by atoms with Crippen molar-refractivity contribution in [1.29, 1.82) is 0 Å². The number of pyridine rings is 1. The predicted molar refractivity (Wildman–Crippen MR) is 58.8 cm³/mol. The number of non-ortho nitro benzene ring substituents is 1. The smallest absolute Gasteiger partial charge is 0.269 e. The molecule has 0 atom stereocenters. The van der Waals surface area contributed by atoms with Crippen molar-refractivity contribution < 1.29 is 21.9 Å². The third-order valence-electron chi connectivity index (χ3n) is 2.29. The van der Waals surface area contributed by atoms with Gasteiger partial charge in [-0.2, -0.15) is 0 Å². The highest BCUT2D eigenvalue weighted by molar-refractivity contribution is 5.32. The first kappa shape index (κ1) is 13.1. The fourth-order valence-corrected chi connectivity index (χ4v) is 1.47. The molecule has 0 saturated carbocycles. The van der Waals surface area contributed by atoms with Gasteiger partial charge >= 0.3 is 0 Å². The summed E-state index contributed by atoms with van der Waals surface area (Å²) in [7, 11) is 0. The zero-order chi connectivity index (χ0) is 11.4. The second-order valence-corrected chi connectivity index (χ2v) is 3.47. The van der Waals surface area contributed by atoms with Crippen LogP contribution in [-0.4, -0.2) is 4.92 Å². The van der Waals surface area contributed by atoms with Crippen LogP contribution >= 0.6 is 0 Å². The molecule has 0 radical (unpaired) electrons. The highest BCUT2D eigenvalue weighted by atomic mass is 35.5. The molecule has 1 aromatic heterocycles. The molecule has 0 amide bonds. The van der Waals surface area contributed by atoms with E-state index in [1.807, 2.05) is 35.2 Å². The van der Waals surface area contributed by atoms with Gasteiger partial charge in [0, 0.05) is 29.8 Å². The molecule has 1 heterocycles. The third-order valence-corrected chi connectivity index (χ3v) is 2.29. The van der Waals surface area contributed by atoms with Gasteiger partial charge in [0.2, 0.25) is 0 Å². The molecule has 2 rings (SSSR count). The Morgan fingerprint density at radius 1 is 1.06 bits per heavy atom. The van der Waals surface area contributed by atoms with E-state index < -0.39 is 0 Å². The summed E-state index contributed by atoms with van der Waals surface area (Å²) in [6.45, 7) is 0.721. The van der Waals surface area contributed by atoms with E-state index in [-0.39, 0.29) is 23.0 Å². The molecule has 0 bridgehead atoms. The number of nitrogens with zero attached hydrogens (tertiary/aromatic N) is 2.